The van der Waals surface area contributed by atoms with E-state index in [0.717, 1.165) is 0 Å². The quantitative estimate of drug-likeness (QED) is 0.653. The second-order valence-electron chi connectivity index (χ2n) is 6.15. The fourth-order valence-corrected chi connectivity index (χ4v) is 2.95. The Balaban J connectivity index is 1.89. The largest absolute Gasteiger partial charge is 0.493 e. The zero-order chi connectivity index (χ0) is 21.0. The summed E-state index contributed by atoms with van der Waals surface area (Å²) in [6.07, 6.45) is 0. The van der Waals surface area contributed by atoms with E-state index in [4.69, 9.17) is 14.2 Å². The molecule has 11 nitrogen and oxygen atoms in total. The van der Waals surface area contributed by atoms with Crippen LogP contribution < -0.4 is 20.1 Å². The van der Waals surface area contributed by atoms with Crippen molar-refractivity contribution in [2.45, 2.75) is 26.4 Å². The number of urea groups is 1. The molecule has 29 heavy (non-hydrogen) atoms. The Hall–Kier alpha value is -3.63. The van der Waals surface area contributed by atoms with Gasteiger partial charge in [0.15, 0.2) is 11.5 Å². The molecule has 1 aliphatic heterocycles. The van der Waals surface area contributed by atoms with Crippen molar-refractivity contribution < 1.29 is 23.8 Å². The van der Waals surface area contributed by atoms with Crippen LogP contribution in [0.15, 0.2) is 29.5 Å². The van der Waals surface area contributed by atoms with Crippen LogP contribution in [0, 0.1) is 0 Å². The lowest BCUT2D eigenvalue weighted by Crippen LogP contribution is -2.50. The number of tetrazole rings is 1. The summed E-state index contributed by atoms with van der Waals surface area (Å²) in [6.45, 7) is 3.69. The number of ether oxygens (including phenoxy) is 3. The van der Waals surface area contributed by atoms with E-state index in [1.54, 1.807) is 39.2 Å². The third-order valence-electron chi connectivity index (χ3n) is 4.26. The second-order valence-corrected chi connectivity index (χ2v) is 6.15. The normalized spacial score (nSPS) is 16.1. The number of benzene rings is 1. The number of hydrogen-bond acceptors (Lipinski definition) is 8. The maximum atomic E-state index is 12.3. The first-order chi connectivity index (χ1) is 14.0. The van der Waals surface area contributed by atoms with Gasteiger partial charge in [0.25, 0.3) is 0 Å². The van der Waals surface area contributed by atoms with Gasteiger partial charge in [-0.2, -0.15) is 4.80 Å². The van der Waals surface area contributed by atoms with Gasteiger partial charge in [0.1, 0.15) is 6.54 Å². The van der Waals surface area contributed by atoms with E-state index in [0.29, 0.717) is 34.2 Å². The highest BCUT2D eigenvalue weighted by molar-refractivity contribution is 5.94. The number of carbonyl (C=O) groups excluding carboxylic acids is 2. The number of nitrogens with zero attached hydrogens (tertiary/aromatic N) is 4. The van der Waals surface area contributed by atoms with E-state index in [1.807, 2.05) is 0 Å². The van der Waals surface area contributed by atoms with Gasteiger partial charge in [-0.3, -0.25) is 0 Å². The summed E-state index contributed by atoms with van der Waals surface area (Å²) in [5, 5.41) is 17.7. The summed E-state index contributed by atoms with van der Waals surface area (Å²) in [7, 11) is 3.09. The lowest BCUT2D eigenvalue weighted by atomic mass is 10.0. The zero-order valence-electron chi connectivity index (χ0n) is 16.6. The van der Waals surface area contributed by atoms with Crippen molar-refractivity contribution in [2.75, 3.05) is 20.8 Å². The predicted molar refractivity (Wildman–Crippen MR) is 101 cm³/mol. The Morgan fingerprint density at radius 1 is 1.24 bits per heavy atom. The van der Waals surface area contributed by atoms with Crippen molar-refractivity contribution >= 4 is 12.0 Å². The Labute approximate surface area is 167 Å². The average molecular weight is 402 g/mol. The highest BCUT2D eigenvalue weighted by Gasteiger charge is 2.30. The number of methoxy groups -OCH3 is 2. The molecule has 1 aromatic carbocycles. The lowest BCUT2D eigenvalue weighted by Gasteiger charge is -2.26. The lowest BCUT2D eigenvalue weighted by molar-refractivity contribution is -0.139. The van der Waals surface area contributed by atoms with E-state index >= 15 is 0 Å². The molecule has 2 heterocycles. The summed E-state index contributed by atoms with van der Waals surface area (Å²) in [5.74, 6) is 0.965. The highest BCUT2D eigenvalue weighted by Crippen LogP contribution is 2.30. The van der Waals surface area contributed by atoms with Crippen LogP contribution in [0.1, 0.15) is 13.8 Å². The van der Waals surface area contributed by atoms with Gasteiger partial charge in [0.2, 0.25) is 5.82 Å². The van der Waals surface area contributed by atoms with E-state index in [1.165, 1.54) is 11.9 Å². The molecule has 2 N–H and O–H groups in total. The van der Waals surface area contributed by atoms with Crippen molar-refractivity contribution in [3.63, 3.8) is 0 Å². The van der Waals surface area contributed by atoms with Crippen LogP contribution in [-0.4, -0.2) is 59.1 Å². The van der Waals surface area contributed by atoms with Crippen LogP contribution >= 0.6 is 0 Å². The Morgan fingerprint density at radius 3 is 2.69 bits per heavy atom. The maximum absolute atomic E-state index is 12.3. The fourth-order valence-electron chi connectivity index (χ4n) is 2.95. The van der Waals surface area contributed by atoms with Gasteiger partial charge >= 0.3 is 12.0 Å². The molecule has 154 valence electrons. The molecule has 0 aliphatic carbocycles. The van der Waals surface area contributed by atoms with Gasteiger partial charge in [0.05, 0.1) is 38.1 Å². The van der Waals surface area contributed by atoms with Crippen LogP contribution in [0.25, 0.3) is 11.4 Å². The van der Waals surface area contributed by atoms with E-state index in [9.17, 15) is 9.59 Å². The Bertz CT molecular complexity index is 954. The minimum atomic E-state index is -0.511. The molecule has 1 aliphatic rings. The molecule has 0 unspecified atom stereocenters. The molecule has 2 amide bonds. The molecule has 11 heteroatoms. The van der Waals surface area contributed by atoms with Crippen molar-refractivity contribution in [1.82, 2.24) is 30.8 Å². The molecule has 0 spiro atoms. The molecule has 0 fully saturated rings. The molecule has 0 saturated heterocycles. The smallest absolute Gasteiger partial charge is 0.337 e. The first-order valence-corrected chi connectivity index (χ1v) is 8.94. The molecule has 0 saturated carbocycles. The van der Waals surface area contributed by atoms with Crippen LogP contribution in [0.2, 0.25) is 0 Å². The standard InChI is InChI=1S/C18H22N6O5/c1-5-29-17(25)15-10(2)19-18(26)20-12(15)9-24-22-16(21-23-24)11-6-7-13(27-3)14(8-11)28-4/h6-8,10H,5,9H2,1-4H3,(H2,19,20,26)/t10-/m1/s1. The molecule has 0 bridgehead atoms. The third kappa shape index (κ3) is 4.28. The maximum Gasteiger partial charge on any atom is 0.337 e. The van der Waals surface area contributed by atoms with E-state index < -0.39 is 18.0 Å². The number of allylic oxidation sites excluding steroid dienone is 1. The minimum Gasteiger partial charge on any atom is -0.493 e. The van der Waals surface area contributed by atoms with Gasteiger partial charge in [-0.25, -0.2) is 9.59 Å². The number of nitrogens with one attached hydrogen (secondary N) is 2. The summed E-state index contributed by atoms with van der Waals surface area (Å²) in [6, 6.07) is 4.33. The molecule has 2 aromatic rings. The number of amides is 2. The Morgan fingerprint density at radius 2 is 2.00 bits per heavy atom. The van der Waals surface area contributed by atoms with Crippen LogP contribution in [0.4, 0.5) is 4.79 Å². The van der Waals surface area contributed by atoms with Crippen LogP contribution in [0.3, 0.4) is 0 Å². The third-order valence-corrected chi connectivity index (χ3v) is 4.26. The molecule has 3 rings (SSSR count). The predicted octanol–water partition coefficient (Wildman–Crippen LogP) is 0.876. The summed E-state index contributed by atoms with van der Waals surface area (Å²) in [5.41, 5.74) is 1.35. The number of aromatic nitrogens is 4. The topological polar surface area (TPSA) is 129 Å². The zero-order valence-corrected chi connectivity index (χ0v) is 16.6. The molecule has 0 radical (unpaired) electrons. The number of hydrogen-bond donors (Lipinski definition) is 2. The summed E-state index contributed by atoms with van der Waals surface area (Å²) < 4.78 is 15.6. The van der Waals surface area contributed by atoms with Crippen molar-refractivity contribution in [1.29, 1.82) is 0 Å². The number of rotatable bonds is 7. The second kappa shape index (κ2) is 8.59. The summed E-state index contributed by atoms with van der Waals surface area (Å²) in [4.78, 5) is 25.5. The number of carbonyl (C=O) groups is 2. The average Bonchev–Trinajstić information content (AvgIpc) is 3.15. The van der Waals surface area contributed by atoms with Crippen LogP contribution in [0.5, 0.6) is 11.5 Å². The van der Waals surface area contributed by atoms with Gasteiger partial charge in [-0.05, 0) is 37.3 Å². The van der Waals surface area contributed by atoms with Crippen LogP contribution in [-0.2, 0) is 16.1 Å². The van der Waals surface area contributed by atoms with Gasteiger partial charge in [0, 0.05) is 5.56 Å². The monoisotopic (exact) mass is 402 g/mol. The highest BCUT2D eigenvalue weighted by atomic mass is 16.5. The molecule has 1 aromatic heterocycles. The van der Waals surface area contributed by atoms with Gasteiger partial charge < -0.3 is 24.8 Å². The minimum absolute atomic E-state index is 0.0478. The van der Waals surface area contributed by atoms with E-state index in [2.05, 4.69) is 26.0 Å². The van der Waals surface area contributed by atoms with Crippen molar-refractivity contribution in [2.24, 2.45) is 0 Å². The first kappa shape index (κ1) is 20.1. The molecular formula is C18H22N6O5. The first-order valence-electron chi connectivity index (χ1n) is 8.94. The SMILES string of the molecule is CCOC(=O)C1=C(Cn2nnc(-c3ccc(OC)c(OC)c3)n2)NC(=O)N[C@@H]1C. The fraction of sp³-hybridized carbons (Fsp3) is 0.389. The van der Waals surface area contributed by atoms with E-state index in [-0.39, 0.29) is 13.2 Å². The molecule has 1 atom stereocenters. The van der Waals surface area contributed by atoms with Crippen molar-refractivity contribution in [3.05, 3.63) is 29.5 Å². The van der Waals surface area contributed by atoms with Gasteiger partial charge in [-0.15, -0.1) is 10.2 Å². The number of esters is 1. The molecular weight excluding hydrogens is 380 g/mol. The summed E-state index contributed by atoms with van der Waals surface area (Å²) >= 11 is 0. The van der Waals surface area contributed by atoms with Gasteiger partial charge in [-0.1, -0.05) is 0 Å². The van der Waals surface area contributed by atoms with Crippen molar-refractivity contribution in [3.8, 4) is 22.9 Å². The Kier molecular flexibility index (Phi) is 5.96.